The Balaban J connectivity index is 1.96. The molecule has 0 radical (unpaired) electrons. The Morgan fingerprint density at radius 1 is 1.14 bits per heavy atom. The second-order valence-electron chi connectivity index (χ2n) is 7.20. The molecule has 36 heavy (non-hydrogen) atoms. The number of rotatable bonds is 7. The fourth-order valence-electron chi connectivity index (χ4n) is 2.85. The topological polar surface area (TPSA) is 139 Å². The van der Waals surface area contributed by atoms with Crippen LogP contribution in [-0.4, -0.2) is 19.2 Å². The average molecular weight is 611 g/mol. The Bertz CT molecular complexity index is 1530. The molecule has 0 saturated carbocycles. The molecule has 0 saturated heterocycles. The standard InChI is InChI=1S/C23H14BrCl2N3O6S/c1-13-2-5-18(6-3-13)36(33,34)35-21-7-4-16(24)9-14(21)8-15(12-27)23(30)28-22-19(25)10-17(29(31)32)11-20(22)26/h2-11H,1H3,(H,28,30)/b15-8+. The molecule has 0 bridgehead atoms. The van der Waals surface area contributed by atoms with E-state index in [1.54, 1.807) is 25.1 Å². The fourth-order valence-corrected chi connectivity index (χ4v) is 4.75. The van der Waals surface area contributed by atoms with Gasteiger partial charge in [-0.05, 0) is 43.3 Å². The average Bonchev–Trinajstić information content (AvgIpc) is 2.81. The van der Waals surface area contributed by atoms with Crippen LogP contribution < -0.4 is 9.50 Å². The highest BCUT2D eigenvalue weighted by Crippen LogP contribution is 2.35. The summed E-state index contributed by atoms with van der Waals surface area (Å²) in [4.78, 5) is 23.0. The first-order valence-corrected chi connectivity index (χ1v) is 12.7. The number of anilines is 1. The van der Waals surface area contributed by atoms with Gasteiger partial charge in [0.25, 0.3) is 11.6 Å². The first-order valence-electron chi connectivity index (χ1n) is 9.78. The zero-order valence-electron chi connectivity index (χ0n) is 18.2. The van der Waals surface area contributed by atoms with Crippen molar-refractivity contribution in [2.75, 3.05) is 5.32 Å². The normalized spacial score (nSPS) is 11.5. The van der Waals surface area contributed by atoms with Crippen LogP contribution >= 0.6 is 39.1 Å². The number of amides is 1. The van der Waals surface area contributed by atoms with Gasteiger partial charge in [-0.2, -0.15) is 13.7 Å². The third kappa shape index (κ3) is 6.41. The van der Waals surface area contributed by atoms with Gasteiger partial charge in [-0.1, -0.05) is 56.8 Å². The molecule has 3 aromatic rings. The van der Waals surface area contributed by atoms with Gasteiger partial charge in [0.15, 0.2) is 0 Å². The van der Waals surface area contributed by atoms with Crippen LogP contribution in [0.5, 0.6) is 5.75 Å². The molecule has 1 amide bonds. The number of nitro groups is 1. The monoisotopic (exact) mass is 609 g/mol. The SMILES string of the molecule is Cc1ccc(S(=O)(=O)Oc2ccc(Br)cc2/C=C(\C#N)C(=O)Nc2c(Cl)cc([N+](=O)[O-])cc2Cl)cc1. The largest absolute Gasteiger partial charge is 0.378 e. The lowest BCUT2D eigenvalue weighted by Gasteiger charge is -2.11. The molecule has 0 aliphatic rings. The smallest absolute Gasteiger partial charge is 0.339 e. The zero-order chi connectivity index (χ0) is 26.6. The van der Waals surface area contributed by atoms with Crippen molar-refractivity contribution in [3.8, 4) is 11.8 Å². The van der Waals surface area contributed by atoms with Crippen molar-refractivity contribution < 1.29 is 22.3 Å². The number of nitrogens with one attached hydrogen (secondary N) is 1. The quantitative estimate of drug-likeness (QED) is 0.109. The van der Waals surface area contributed by atoms with Gasteiger partial charge in [0.05, 0.1) is 20.7 Å². The van der Waals surface area contributed by atoms with Gasteiger partial charge < -0.3 is 9.50 Å². The fraction of sp³-hybridized carbons (Fsp3) is 0.0435. The first kappa shape index (κ1) is 27.2. The summed E-state index contributed by atoms with van der Waals surface area (Å²) in [7, 11) is -4.22. The molecular formula is C23H14BrCl2N3O6S. The molecule has 9 nitrogen and oxygen atoms in total. The van der Waals surface area contributed by atoms with E-state index in [0.717, 1.165) is 23.8 Å². The van der Waals surface area contributed by atoms with E-state index in [4.69, 9.17) is 27.4 Å². The Morgan fingerprint density at radius 2 is 1.75 bits per heavy atom. The van der Waals surface area contributed by atoms with E-state index in [1.807, 2.05) is 0 Å². The lowest BCUT2D eigenvalue weighted by molar-refractivity contribution is -0.384. The molecule has 13 heteroatoms. The summed E-state index contributed by atoms with van der Waals surface area (Å²) in [6, 6.07) is 14.1. The number of non-ortho nitro benzene ring substituents is 1. The van der Waals surface area contributed by atoms with E-state index in [1.165, 1.54) is 30.3 Å². The van der Waals surface area contributed by atoms with Crippen molar-refractivity contribution >= 4 is 72.6 Å². The van der Waals surface area contributed by atoms with Crippen molar-refractivity contribution in [1.82, 2.24) is 0 Å². The lowest BCUT2D eigenvalue weighted by Crippen LogP contribution is -2.14. The molecule has 0 spiro atoms. The van der Waals surface area contributed by atoms with E-state index in [9.17, 15) is 28.6 Å². The minimum absolute atomic E-state index is 0.0772. The van der Waals surface area contributed by atoms with Crippen molar-refractivity contribution in [1.29, 1.82) is 5.26 Å². The third-order valence-electron chi connectivity index (χ3n) is 4.62. The molecule has 0 heterocycles. The molecule has 0 atom stereocenters. The summed E-state index contributed by atoms with van der Waals surface area (Å²) in [5.74, 6) is -1.08. The van der Waals surface area contributed by atoms with Crippen LogP contribution in [0.2, 0.25) is 10.0 Å². The highest BCUT2D eigenvalue weighted by molar-refractivity contribution is 9.10. The van der Waals surface area contributed by atoms with Crippen molar-refractivity contribution in [3.63, 3.8) is 0 Å². The number of nitro benzene ring substituents is 1. The summed E-state index contributed by atoms with van der Waals surface area (Å²) in [5, 5.41) is 22.5. The number of halogens is 3. The van der Waals surface area contributed by atoms with E-state index in [-0.39, 0.29) is 37.6 Å². The van der Waals surface area contributed by atoms with Crippen LogP contribution in [0.3, 0.4) is 0 Å². The van der Waals surface area contributed by atoms with E-state index < -0.39 is 26.5 Å². The van der Waals surface area contributed by atoms with E-state index in [0.29, 0.717) is 4.47 Å². The molecule has 0 unspecified atom stereocenters. The highest BCUT2D eigenvalue weighted by atomic mass is 79.9. The lowest BCUT2D eigenvalue weighted by atomic mass is 10.1. The second-order valence-corrected chi connectivity index (χ2v) is 10.5. The summed E-state index contributed by atoms with van der Waals surface area (Å²) in [6.07, 6.45) is 1.12. The van der Waals surface area contributed by atoms with Crippen molar-refractivity contribution in [3.05, 3.63) is 95.9 Å². The van der Waals surface area contributed by atoms with E-state index >= 15 is 0 Å². The molecule has 1 N–H and O–H groups in total. The Kier molecular flexibility index (Phi) is 8.37. The Labute approximate surface area is 224 Å². The first-order chi connectivity index (χ1) is 16.9. The van der Waals surface area contributed by atoms with Crippen molar-refractivity contribution in [2.45, 2.75) is 11.8 Å². The maximum Gasteiger partial charge on any atom is 0.339 e. The van der Waals surface area contributed by atoms with Gasteiger partial charge in [0.2, 0.25) is 0 Å². The molecule has 3 rings (SSSR count). The maximum atomic E-state index is 12.8. The third-order valence-corrected chi connectivity index (χ3v) is 6.96. The Hall–Kier alpha value is -3.43. The summed E-state index contributed by atoms with van der Waals surface area (Å²) in [6.45, 7) is 1.81. The van der Waals surface area contributed by atoms with Crippen LogP contribution in [0.25, 0.3) is 6.08 Å². The maximum absolute atomic E-state index is 12.8. The predicted octanol–water partition coefficient (Wildman–Crippen LogP) is 6.29. The van der Waals surface area contributed by atoms with Gasteiger partial charge in [-0.15, -0.1) is 0 Å². The highest BCUT2D eigenvalue weighted by Gasteiger charge is 2.21. The number of benzene rings is 3. The van der Waals surface area contributed by atoms with Gasteiger partial charge in [-0.25, -0.2) is 0 Å². The molecule has 0 aromatic heterocycles. The van der Waals surface area contributed by atoms with Gasteiger partial charge in [0, 0.05) is 22.2 Å². The van der Waals surface area contributed by atoms with Gasteiger partial charge in [0.1, 0.15) is 22.3 Å². The number of carbonyl (C=O) groups is 1. The van der Waals surface area contributed by atoms with Gasteiger partial charge >= 0.3 is 10.1 Å². The predicted molar refractivity (Wildman–Crippen MR) is 138 cm³/mol. The number of hydrogen-bond donors (Lipinski definition) is 1. The molecule has 0 fully saturated rings. The minimum Gasteiger partial charge on any atom is -0.378 e. The summed E-state index contributed by atoms with van der Waals surface area (Å²) in [5.41, 5.74) is -0.00421. The molecule has 0 aliphatic heterocycles. The summed E-state index contributed by atoms with van der Waals surface area (Å²) >= 11 is 15.3. The molecule has 3 aromatic carbocycles. The molecule has 184 valence electrons. The van der Waals surface area contributed by atoms with Gasteiger partial charge in [-0.3, -0.25) is 14.9 Å². The van der Waals surface area contributed by atoms with Crippen LogP contribution in [0.4, 0.5) is 11.4 Å². The van der Waals surface area contributed by atoms with Crippen molar-refractivity contribution in [2.24, 2.45) is 0 Å². The Morgan fingerprint density at radius 3 is 2.31 bits per heavy atom. The summed E-state index contributed by atoms with van der Waals surface area (Å²) < 4.78 is 31.3. The van der Waals surface area contributed by atoms with Crippen LogP contribution in [-0.2, 0) is 14.9 Å². The number of nitriles is 1. The molecular weight excluding hydrogens is 597 g/mol. The van der Waals surface area contributed by atoms with Crippen LogP contribution in [0.15, 0.2) is 69.5 Å². The second kappa shape index (κ2) is 11.1. The number of carbonyl (C=O) groups excluding carboxylic acids is 1. The van der Waals surface area contributed by atoms with E-state index in [2.05, 4.69) is 21.2 Å². The van der Waals surface area contributed by atoms with Crippen LogP contribution in [0.1, 0.15) is 11.1 Å². The minimum atomic E-state index is -4.22. The number of hydrogen-bond acceptors (Lipinski definition) is 7. The number of nitrogens with zero attached hydrogens (tertiary/aromatic N) is 2. The number of aryl methyl sites for hydroxylation is 1. The van der Waals surface area contributed by atoms with Crippen LogP contribution in [0, 0.1) is 28.4 Å². The zero-order valence-corrected chi connectivity index (χ0v) is 22.1. The molecule has 0 aliphatic carbocycles.